The first-order valence-corrected chi connectivity index (χ1v) is 8.46. The van der Waals surface area contributed by atoms with Crippen molar-refractivity contribution >= 4 is 17.2 Å². The topological polar surface area (TPSA) is 91.6 Å². The second kappa shape index (κ2) is 7.20. The monoisotopic (exact) mass is 349 g/mol. The molecule has 1 unspecified atom stereocenters. The van der Waals surface area contributed by atoms with E-state index >= 15 is 0 Å². The summed E-state index contributed by atoms with van der Waals surface area (Å²) in [5.41, 5.74) is 2.17. The summed E-state index contributed by atoms with van der Waals surface area (Å²) in [4.78, 5) is 25.9. The Morgan fingerprint density at radius 1 is 1.24 bits per heavy atom. The fourth-order valence-electron chi connectivity index (χ4n) is 2.30. The maximum absolute atomic E-state index is 12.6. The molecule has 1 aromatic carbocycles. The van der Waals surface area contributed by atoms with E-state index in [1.807, 2.05) is 19.1 Å². The summed E-state index contributed by atoms with van der Waals surface area (Å²) in [7, 11) is 0. The van der Waals surface area contributed by atoms with Crippen LogP contribution in [0.4, 0.5) is 0 Å². The highest BCUT2D eigenvalue weighted by atomic mass is 32.1. The summed E-state index contributed by atoms with van der Waals surface area (Å²) in [5, 5.41) is 12.4. The van der Waals surface area contributed by atoms with Gasteiger partial charge in [0.1, 0.15) is 4.88 Å². The number of carbonyl (C=O) groups is 1. The summed E-state index contributed by atoms with van der Waals surface area (Å²) in [6.45, 7) is 3.70. The van der Waals surface area contributed by atoms with Crippen LogP contribution in [0.2, 0.25) is 0 Å². The number of thiazole rings is 1. The molecular weight excluding hydrogens is 334 g/mol. The number of aryl methyl sites for hydroxylation is 1. The number of nitriles is 1. The van der Waals surface area contributed by atoms with Gasteiger partial charge in [-0.2, -0.15) is 5.26 Å². The van der Waals surface area contributed by atoms with Gasteiger partial charge in [-0.3, -0.25) is 4.79 Å². The third-order valence-corrected chi connectivity index (χ3v) is 4.80. The van der Waals surface area contributed by atoms with Crippen molar-refractivity contribution in [3.8, 4) is 16.9 Å². The van der Waals surface area contributed by atoms with Crippen LogP contribution in [0.5, 0.6) is 0 Å². The predicted octanol–water partition coefficient (Wildman–Crippen LogP) is 3.27. The van der Waals surface area contributed by atoms with Gasteiger partial charge in [0.05, 0.1) is 23.4 Å². The van der Waals surface area contributed by atoms with E-state index in [0.717, 1.165) is 5.56 Å². The first-order valence-electron chi connectivity index (χ1n) is 7.64. The maximum atomic E-state index is 12.6. The number of aromatic nitrogens is 3. The minimum Gasteiger partial charge on any atom is -0.345 e. The molecule has 0 fully saturated rings. The smallest absolute Gasteiger partial charge is 0.263 e. The number of rotatable bonds is 4. The molecule has 0 saturated heterocycles. The van der Waals surface area contributed by atoms with Crippen LogP contribution < -0.4 is 5.32 Å². The van der Waals surface area contributed by atoms with Crippen LogP contribution in [0, 0.1) is 18.3 Å². The quantitative estimate of drug-likeness (QED) is 0.780. The number of nitrogens with one attached hydrogen (secondary N) is 1. The Morgan fingerprint density at radius 3 is 2.56 bits per heavy atom. The highest BCUT2D eigenvalue weighted by Crippen LogP contribution is 2.25. The van der Waals surface area contributed by atoms with E-state index in [1.165, 1.54) is 11.3 Å². The normalized spacial score (nSPS) is 11.6. The van der Waals surface area contributed by atoms with Crippen LogP contribution in [0.15, 0.2) is 42.7 Å². The van der Waals surface area contributed by atoms with Crippen molar-refractivity contribution in [3.63, 3.8) is 0 Å². The van der Waals surface area contributed by atoms with Gasteiger partial charge in [0.15, 0.2) is 10.8 Å². The van der Waals surface area contributed by atoms with Crippen molar-refractivity contribution in [1.82, 2.24) is 20.3 Å². The molecule has 3 aromatic rings. The fourth-order valence-corrected chi connectivity index (χ4v) is 3.22. The molecule has 6 nitrogen and oxygen atoms in total. The summed E-state index contributed by atoms with van der Waals surface area (Å²) in [6.07, 6.45) is 3.29. The maximum Gasteiger partial charge on any atom is 0.263 e. The second-order valence-corrected chi connectivity index (χ2v) is 6.43. The van der Waals surface area contributed by atoms with E-state index in [1.54, 1.807) is 37.5 Å². The molecule has 124 valence electrons. The number of carbonyl (C=O) groups excluding carboxylic acids is 1. The lowest BCUT2D eigenvalue weighted by Gasteiger charge is -2.13. The molecule has 2 heterocycles. The molecule has 0 bridgehead atoms. The lowest BCUT2D eigenvalue weighted by atomic mass is 10.1. The second-order valence-electron chi connectivity index (χ2n) is 5.43. The van der Waals surface area contributed by atoms with Crippen LogP contribution in [0.25, 0.3) is 10.8 Å². The van der Waals surface area contributed by atoms with Gasteiger partial charge in [-0.25, -0.2) is 15.0 Å². The van der Waals surface area contributed by atoms with Gasteiger partial charge in [0, 0.05) is 12.4 Å². The van der Waals surface area contributed by atoms with Crippen molar-refractivity contribution in [3.05, 3.63) is 64.4 Å². The molecule has 0 saturated carbocycles. The first kappa shape index (κ1) is 16.7. The Bertz CT molecular complexity index is 928. The van der Waals surface area contributed by atoms with Crippen LogP contribution in [0.3, 0.4) is 0 Å². The van der Waals surface area contributed by atoms with Gasteiger partial charge in [0.2, 0.25) is 0 Å². The molecule has 1 N–H and O–H groups in total. The summed E-state index contributed by atoms with van der Waals surface area (Å²) < 4.78 is 0. The third kappa shape index (κ3) is 3.70. The SMILES string of the molecule is Cc1nc(-c2ncccn2)sc1C(=O)NC(C)c1ccc(C#N)cc1. The van der Waals surface area contributed by atoms with Crippen molar-refractivity contribution in [2.75, 3.05) is 0 Å². The van der Waals surface area contributed by atoms with E-state index in [4.69, 9.17) is 5.26 Å². The minimum atomic E-state index is -0.186. The average molecular weight is 349 g/mol. The van der Waals surface area contributed by atoms with Crippen LogP contribution >= 0.6 is 11.3 Å². The van der Waals surface area contributed by atoms with Gasteiger partial charge in [-0.05, 0) is 37.6 Å². The molecule has 0 aliphatic rings. The zero-order chi connectivity index (χ0) is 17.8. The lowest BCUT2D eigenvalue weighted by molar-refractivity contribution is 0.0943. The van der Waals surface area contributed by atoms with E-state index in [2.05, 4.69) is 26.3 Å². The highest BCUT2D eigenvalue weighted by molar-refractivity contribution is 7.17. The lowest BCUT2D eigenvalue weighted by Crippen LogP contribution is -2.26. The number of hydrogen-bond acceptors (Lipinski definition) is 6. The van der Waals surface area contributed by atoms with Crippen LogP contribution in [-0.4, -0.2) is 20.9 Å². The Hall–Kier alpha value is -3.11. The first-order chi connectivity index (χ1) is 12.1. The number of nitrogens with zero attached hydrogens (tertiary/aromatic N) is 4. The van der Waals surface area contributed by atoms with Gasteiger partial charge in [-0.15, -0.1) is 11.3 Å². The standard InChI is InChI=1S/C18H15N5OS/c1-11(14-6-4-13(10-19)5-7-14)22-17(24)15-12(2)23-18(25-15)16-20-8-3-9-21-16/h3-9,11H,1-2H3,(H,22,24). The molecule has 7 heteroatoms. The van der Waals surface area contributed by atoms with Crippen molar-refractivity contribution in [1.29, 1.82) is 5.26 Å². The number of amides is 1. The minimum absolute atomic E-state index is 0.182. The zero-order valence-corrected chi connectivity index (χ0v) is 14.5. The summed E-state index contributed by atoms with van der Waals surface area (Å²) >= 11 is 1.27. The zero-order valence-electron chi connectivity index (χ0n) is 13.7. The molecule has 0 radical (unpaired) electrons. The van der Waals surface area contributed by atoms with Gasteiger partial charge in [0.25, 0.3) is 5.91 Å². The summed E-state index contributed by atoms with van der Waals surface area (Å²) in [5.74, 6) is 0.323. The van der Waals surface area contributed by atoms with Crippen molar-refractivity contribution in [2.24, 2.45) is 0 Å². The van der Waals surface area contributed by atoms with Gasteiger partial charge >= 0.3 is 0 Å². The third-order valence-electron chi connectivity index (χ3n) is 3.65. The predicted molar refractivity (Wildman–Crippen MR) is 94.9 cm³/mol. The Labute approximate surface area is 149 Å². The molecule has 1 amide bonds. The van der Waals surface area contributed by atoms with Gasteiger partial charge < -0.3 is 5.32 Å². The molecule has 25 heavy (non-hydrogen) atoms. The average Bonchev–Trinajstić information content (AvgIpc) is 3.04. The largest absolute Gasteiger partial charge is 0.345 e. The molecule has 0 aliphatic heterocycles. The van der Waals surface area contributed by atoms with E-state index in [9.17, 15) is 4.79 Å². The Balaban J connectivity index is 1.77. The summed E-state index contributed by atoms with van der Waals surface area (Å²) in [6, 6.07) is 10.8. The van der Waals surface area contributed by atoms with Gasteiger partial charge in [-0.1, -0.05) is 12.1 Å². The molecule has 1 atom stereocenters. The van der Waals surface area contributed by atoms with E-state index in [0.29, 0.717) is 27.0 Å². The number of hydrogen-bond donors (Lipinski definition) is 1. The Kier molecular flexibility index (Phi) is 4.82. The van der Waals surface area contributed by atoms with E-state index < -0.39 is 0 Å². The van der Waals surface area contributed by atoms with E-state index in [-0.39, 0.29) is 11.9 Å². The van der Waals surface area contributed by atoms with Crippen LogP contribution in [-0.2, 0) is 0 Å². The number of benzene rings is 1. The van der Waals surface area contributed by atoms with Crippen LogP contribution in [0.1, 0.15) is 39.5 Å². The molecule has 0 aliphatic carbocycles. The molecule has 3 rings (SSSR count). The highest BCUT2D eigenvalue weighted by Gasteiger charge is 2.19. The van der Waals surface area contributed by atoms with Crippen molar-refractivity contribution < 1.29 is 4.79 Å². The molecule has 0 spiro atoms. The molecular formula is C18H15N5OS. The fraction of sp³-hybridized carbons (Fsp3) is 0.167. The Morgan fingerprint density at radius 2 is 1.92 bits per heavy atom. The van der Waals surface area contributed by atoms with Crippen molar-refractivity contribution in [2.45, 2.75) is 19.9 Å². The molecule has 2 aromatic heterocycles.